The average molecular weight is 279 g/mol. The molecule has 0 aliphatic rings. The zero-order valence-electron chi connectivity index (χ0n) is 12.1. The van der Waals surface area contributed by atoms with Gasteiger partial charge in [0.05, 0.1) is 6.10 Å². The molecule has 7 heteroatoms. The van der Waals surface area contributed by atoms with Crippen LogP contribution in [0.4, 0.5) is 5.82 Å². The number of anilines is 1. The third kappa shape index (κ3) is 2.82. The van der Waals surface area contributed by atoms with Gasteiger partial charge in [0.15, 0.2) is 5.65 Å². The molecule has 2 rings (SSSR count). The summed E-state index contributed by atoms with van der Waals surface area (Å²) in [5, 5.41) is 19.5. The van der Waals surface area contributed by atoms with Gasteiger partial charge in [-0.2, -0.15) is 5.10 Å². The highest BCUT2D eigenvalue weighted by molar-refractivity contribution is 5.49. The highest BCUT2D eigenvalue weighted by Gasteiger charge is 2.15. The number of aliphatic hydroxyl groups is 1. The third-order valence-electron chi connectivity index (χ3n) is 3.66. The lowest BCUT2D eigenvalue weighted by molar-refractivity contribution is 0.114. The van der Waals surface area contributed by atoms with Crippen molar-refractivity contribution in [3.63, 3.8) is 0 Å². The van der Waals surface area contributed by atoms with Crippen molar-refractivity contribution < 1.29 is 5.11 Å². The van der Waals surface area contributed by atoms with Crippen LogP contribution in [0.3, 0.4) is 0 Å². The highest BCUT2D eigenvalue weighted by Crippen LogP contribution is 2.14. The Hall–Kier alpha value is -1.89. The molecule has 0 aromatic carbocycles. The Morgan fingerprint density at radius 2 is 2.15 bits per heavy atom. The average Bonchev–Trinajstić information content (AvgIpc) is 2.80. The summed E-state index contributed by atoms with van der Waals surface area (Å²) in [6, 6.07) is 1.69. The first-order valence-electron chi connectivity index (χ1n) is 6.93. The molecule has 1 atom stereocenters. The van der Waals surface area contributed by atoms with Crippen LogP contribution in [0.15, 0.2) is 10.9 Å². The van der Waals surface area contributed by atoms with Crippen molar-refractivity contribution in [1.82, 2.24) is 19.6 Å². The summed E-state index contributed by atoms with van der Waals surface area (Å²) < 4.78 is 1.41. The largest absolute Gasteiger partial charge is 0.391 e. The molecule has 0 bridgehead atoms. The monoisotopic (exact) mass is 279 g/mol. The van der Waals surface area contributed by atoms with Crippen LogP contribution in [0.1, 0.15) is 32.5 Å². The summed E-state index contributed by atoms with van der Waals surface area (Å²) in [6.07, 6.45) is 1.48. The third-order valence-corrected chi connectivity index (χ3v) is 3.66. The minimum Gasteiger partial charge on any atom is -0.391 e. The molecule has 2 aromatic rings. The van der Waals surface area contributed by atoms with Crippen LogP contribution < -0.4 is 11.0 Å². The highest BCUT2D eigenvalue weighted by atomic mass is 16.3. The Morgan fingerprint density at radius 3 is 2.80 bits per heavy atom. The first-order valence-corrected chi connectivity index (χ1v) is 6.93. The number of fused-ring (bicyclic) bond motifs is 1. The van der Waals surface area contributed by atoms with Crippen molar-refractivity contribution in [3.8, 4) is 0 Å². The van der Waals surface area contributed by atoms with E-state index in [0.29, 0.717) is 23.8 Å². The summed E-state index contributed by atoms with van der Waals surface area (Å²) in [7, 11) is 0. The molecule has 2 heterocycles. The van der Waals surface area contributed by atoms with Crippen molar-refractivity contribution in [2.45, 2.75) is 39.7 Å². The second-order valence-electron chi connectivity index (χ2n) is 4.94. The van der Waals surface area contributed by atoms with E-state index < -0.39 is 6.10 Å². The van der Waals surface area contributed by atoms with Crippen LogP contribution in [0, 0.1) is 12.8 Å². The Labute approximate surface area is 117 Å². The summed E-state index contributed by atoms with van der Waals surface area (Å²) in [5.41, 5.74) is 0.218. The Kier molecular flexibility index (Phi) is 4.39. The van der Waals surface area contributed by atoms with Gasteiger partial charge in [-0.05, 0) is 12.8 Å². The van der Waals surface area contributed by atoms with Crippen LogP contribution in [0.25, 0.3) is 5.65 Å². The number of hydrogen-bond acceptors (Lipinski definition) is 5. The number of aliphatic hydroxyl groups excluding tert-OH is 1. The second kappa shape index (κ2) is 6.04. The molecule has 3 N–H and O–H groups in total. The SMILES string of the molecule is CCC(CC)C(O)CNc1cc2n[nH]c(=O)n2c(C)n1. The normalized spacial score (nSPS) is 13.1. The number of H-pyrrole nitrogens is 1. The lowest BCUT2D eigenvalue weighted by Crippen LogP contribution is -2.28. The molecule has 0 aliphatic heterocycles. The quantitative estimate of drug-likeness (QED) is 0.731. The fourth-order valence-corrected chi connectivity index (χ4v) is 2.40. The van der Waals surface area contributed by atoms with Crippen molar-refractivity contribution in [3.05, 3.63) is 22.4 Å². The lowest BCUT2D eigenvalue weighted by Gasteiger charge is -2.20. The van der Waals surface area contributed by atoms with Crippen molar-refractivity contribution >= 4 is 11.5 Å². The van der Waals surface area contributed by atoms with Crippen LogP contribution >= 0.6 is 0 Å². The smallest absolute Gasteiger partial charge is 0.349 e. The van der Waals surface area contributed by atoms with E-state index in [1.165, 1.54) is 4.40 Å². The van der Waals surface area contributed by atoms with Gasteiger partial charge in [-0.1, -0.05) is 26.7 Å². The van der Waals surface area contributed by atoms with Gasteiger partial charge in [0.25, 0.3) is 0 Å². The van der Waals surface area contributed by atoms with Gasteiger partial charge in [0.2, 0.25) is 0 Å². The predicted octanol–water partition coefficient (Wildman–Crippen LogP) is 0.935. The van der Waals surface area contributed by atoms with Crippen molar-refractivity contribution in [2.75, 3.05) is 11.9 Å². The Bertz CT molecular complexity index is 629. The maximum atomic E-state index is 11.5. The first kappa shape index (κ1) is 14.5. The topological polar surface area (TPSA) is 95.3 Å². The van der Waals surface area contributed by atoms with E-state index in [0.717, 1.165) is 12.8 Å². The molecule has 20 heavy (non-hydrogen) atoms. The molecule has 0 saturated heterocycles. The van der Waals surface area contributed by atoms with E-state index in [-0.39, 0.29) is 11.6 Å². The van der Waals surface area contributed by atoms with Crippen LogP contribution in [0.5, 0.6) is 0 Å². The number of hydrogen-bond donors (Lipinski definition) is 3. The van der Waals surface area contributed by atoms with E-state index in [1.54, 1.807) is 13.0 Å². The molecule has 0 fully saturated rings. The summed E-state index contributed by atoms with van der Waals surface area (Å²) in [5.74, 6) is 1.44. The summed E-state index contributed by atoms with van der Waals surface area (Å²) in [6.45, 7) is 6.32. The second-order valence-corrected chi connectivity index (χ2v) is 4.94. The standard InChI is InChI=1S/C13H21N5O2/c1-4-9(5-2)10(19)7-14-11-6-12-16-17-13(20)18(12)8(3)15-11/h6,9-10,14,19H,4-5,7H2,1-3H3,(H,17,20). The molecule has 0 radical (unpaired) electrons. The molecular formula is C13H21N5O2. The number of nitrogens with zero attached hydrogens (tertiary/aromatic N) is 3. The molecule has 0 aliphatic carbocycles. The Balaban J connectivity index is 2.12. The van der Waals surface area contributed by atoms with Gasteiger partial charge in [-0.15, -0.1) is 0 Å². The van der Waals surface area contributed by atoms with Gasteiger partial charge < -0.3 is 10.4 Å². The zero-order valence-corrected chi connectivity index (χ0v) is 12.1. The van der Waals surface area contributed by atoms with Crippen molar-refractivity contribution in [1.29, 1.82) is 0 Å². The fourth-order valence-electron chi connectivity index (χ4n) is 2.40. The molecule has 1 unspecified atom stereocenters. The lowest BCUT2D eigenvalue weighted by atomic mass is 9.97. The zero-order chi connectivity index (χ0) is 14.7. The number of nitrogens with one attached hydrogen (secondary N) is 2. The molecule has 7 nitrogen and oxygen atoms in total. The molecule has 0 spiro atoms. The molecular weight excluding hydrogens is 258 g/mol. The van der Waals surface area contributed by atoms with Gasteiger partial charge in [0, 0.05) is 12.6 Å². The van der Waals surface area contributed by atoms with Gasteiger partial charge in [-0.3, -0.25) is 0 Å². The first-order chi connectivity index (χ1) is 9.56. The fraction of sp³-hybridized carbons (Fsp3) is 0.615. The summed E-state index contributed by atoms with van der Waals surface area (Å²) >= 11 is 0. The van der Waals surface area contributed by atoms with Crippen molar-refractivity contribution in [2.24, 2.45) is 5.92 Å². The van der Waals surface area contributed by atoms with Gasteiger partial charge in [-0.25, -0.2) is 19.3 Å². The maximum absolute atomic E-state index is 11.5. The number of aromatic nitrogens is 4. The van der Waals surface area contributed by atoms with E-state index in [2.05, 4.69) is 34.3 Å². The predicted molar refractivity (Wildman–Crippen MR) is 76.9 cm³/mol. The van der Waals surface area contributed by atoms with E-state index in [1.807, 2.05) is 0 Å². The number of aryl methyl sites for hydroxylation is 1. The van der Waals surface area contributed by atoms with Crippen LogP contribution in [-0.2, 0) is 0 Å². The molecule has 110 valence electrons. The van der Waals surface area contributed by atoms with E-state index >= 15 is 0 Å². The Morgan fingerprint density at radius 1 is 1.45 bits per heavy atom. The van der Waals surface area contributed by atoms with Crippen LogP contribution in [-0.4, -0.2) is 37.3 Å². The molecule has 2 aromatic heterocycles. The molecule has 0 saturated carbocycles. The minimum atomic E-state index is -0.412. The minimum absolute atomic E-state index is 0.278. The number of aromatic amines is 1. The van der Waals surface area contributed by atoms with Crippen LogP contribution in [0.2, 0.25) is 0 Å². The number of rotatable bonds is 6. The van der Waals surface area contributed by atoms with Gasteiger partial charge >= 0.3 is 5.69 Å². The molecule has 0 amide bonds. The summed E-state index contributed by atoms with van der Waals surface area (Å²) in [4.78, 5) is 15.8. The van der Waals surface area contributed by atoms with E-state index in [4.69, 9.17) is 0 Å². The van der Waals surface area contributed by atoms with E-state index in [9.17, 15) is 9.90 Å². The van der Waals surface area contributed by atoms with Gasteiger partial charge in [0.1, 0.15) is 11.6 Å². The maximum Gasteiger partial charge on any atom is 0.349 e.